The van der Waals surface area contributed by atoms with Gasteiger partial charge >= 0.3 is 0 Å². The highest BCUT2D eigenvalue weighted by molar-refractivity contribution is 5.31. The van der Waals surface area contributed by atoms with Gasteiger partial charge < -0.3 is 19.8 Å². The van der Waals surface area contributed by atoms with E-state index in [4.69, 9.17) is 4.74 Å². The summed E-state index contributed by atoms with van der Waals surface area (Å²) < 4.78 is 5.85. The molecule has 2 saturated heterocycles. The third kappa shape index (κ3) is 2.95. The molecule has 22 heavy (non-hydrogen) atoms. The van der Waals surface area contributed by atoms with Gasteiger partial charge in [0.15, 0.2) is 0 Å². The first kappa shape index (κ1) is 15.6. The van der Waals surface area contributed by atoms with Crippen LogP contribution in [0.25, 0.3) is 0 Å². The minimum Gasteiger partial charge on any atom is -0.390 e. The van der Waals surface area contributed by atoms with Gasteiger partial charge in [0, 0.05) is 25.5 Å². The molecule has 0 bridgehead atoms. The number of piperidine rings is 1. The number of nitrogens with zero attached hydrogens (tertiary/aromatic N) is 3. The van der Waals surface area contributed by atoms with E-state index >= 15 is 0 Å². The van der Waals surface area contributed by atoms with Gasteiger partial charge in [0.1, 0.15) is 6.10 Å². The van der Waals surface area contributed by atoms with Crippen LogP contribution in [0, 0.1) is 0 Å². The lowest BCUT2D eigenvalue weighted by Gasteiger charge is -2.48. The lowest BCUT2D eigenvalue weighted by molar-refractivity contribution is -0.205. The monoisotopic (exact) mass is 307 g/mol. The molecule has 2 aliphatic heterocycles. The molecule has 2 atom stereocenters. The summed E-state index contributed by atoms with van der Waals surface area (Å²) >= 11 is 0. The van der Waals surface area contributed by atoms with Crippen LogP contribution in [0.2, 0.25) is 0 Å². The highest BCUT2D eigenvalue weighted by Gasteiger charge is 2.47. The number of hydrogen-bond acceptors (Lipinski definition) is 6. The summed E-state index contributed by atoms with van der Waals surface area (Å²) in [7, 11) is 0. The van der Waals surface area contributed by atoms with E-state index < -0.39 is 17.8 Å². The van der Waals surface area contributed by atoms with E-state index in [1.807, 2.05) is 12.4 Å². The molecule has 0 amide bonds. The zero-order valence-electron chi connectivity index (χ0n) is 13.1. The van der Waals surface area contributed by atoms with Crippen LogP contribution in [0.3, 0.4) is 0 Å². The highest BCUT2D eigenvalue weighted by atomic mass is 16.5. The molecule has 0 saturated carbocycles. The quantitative estimate of drug-likeness (QED) is 0.864. The van der Waals surface area contributed by atoms with Crippen LogP contribution in [0.5, 0.6) is 0 Å². The fourth-order valence-corrected chi connectivity index (χ4v) is 3.43. The number of aromatic nitrogens is 2. The second kappa shape index (κ2) is 6.48. The Morgan fingerprint density at radius 3 is 2.59 bits per heavy atom. The van der Waals surface area contributed by atoms with Gasteiger partial charge in [-0.1, -0.05) is 13.3 Å². The highest BCUT2D eigenvalue weighted by Crippen LogP contribution is 2.36. The number of aryl methyl sites for hydroxylation is 1. The third-order valence-electron chi connectivity index (χ3n) is 4.83. The maximum atomic E-state index is 10.3. The van der Waals surface area contributed by atoms with E-state index in [-0.39, 0.29) is 0 Å². The molecule has 2 aliphatic rings. The molecule has 1 aromatic heterocycles. The van der Waals surface area contributed by atoms with E-state index in [0.717, 1.165) is 37.4 Å². The Hall–Kier alpha value is -1.24. The average Bonchev–Trinajstić information content (AvgIpc) is 2.55. The van der Waals surface area contributed by atoms with Gasteiger partial charge in [-0.15, -0.1) is 0 Å². The molecule has 3 rings (SSSR count). The Bertz CT molecular complexity index is 486. The van der Waals surface area contributed by atoms with Crippen molar-refractivity contribution < 1.29 is 14.9 Å². The van der Waals surface area contributed by atoms with Crippen LogP contribution in [0.4, 0.5) is 5.95 Å². The molecular weight excluding hydrogens is 282 g/mol. The van der Waals surface area contributed by atoms with Crippen molar-refractivity contribution in [2.45, 2.75) is 56.8 Å². The minimum absolute atomic E-state index is 0.509. The Balaban J connectivity index is 1.63. The average molecular weight is 307 g/mol. The van der Waals surface area contributed by atoms with Crippen LogP contribution in [-0.4, -0.2) is 57.7 Å². The first-order valence-electron chi connectivity index (χ1n) is 8.20. The number of hydrogen-bond donors (Lipinski definition) is 2. The van der Waals surface area contributed by atoms with Crippen molar-refractivity contribution in [2.24, 2.45) is 0 Å². The standard InChI is InChI=1S/C16H25N3O3/c1-2-3-12-10-17-15(18-11-12)19-7-5-16(6-8-19)14(21)13(20)4-9-22-16/h10-11,13-14,20-21H,2-9H2,1H3/t13-,14-/m0/s1. The Morgan fingerprint density at radius 1 is 1.27 bits per heavy atom. The van der Waals surface area contributed by atoms with E-state index in [9.17, 15) is 10.2 Å². The normalized spacial score (nSPS) is 28.0. The molecule has 2 fully saturated rings. The van der Waals surface area contributed by atoms with Crippen molar-refractivity contribution in [1.82, 2.24) is 9.97 Å². The molecule has 122 valence electrons. The minimum atomic E-state index is -0.795. The Morgan fingerprint density at radius 2 is 1.95 bits per heavy atom. The van der Waals surface area contributed by atoms with Crippen molar-refractivity contribution in [3.63, 3.8) is 0 Å². The second-order valence-corrected chi connectivity index (χ2v) is 6.34. The zero-order chi connectivity index (χ0) is 15.6. The van der Waals surface area contributed by atoms with Crippen LogP contribution in [-0.2, 0) is 11.2 Å². The van der Waals surface area contributed by atoms with E-state index in [0.29, 0.717) is 25.9 Å². The van der Waals surface area contributed by atoms with Gasteiger partial charge in [-0.3, -0.25) is 0 Å². The molecule has 6 nitrogen and oxygen atoms in total. The number of aliphatic hydroxyl groups excluding tert-OH is 2. The molecule has 0 aliphatic carbocycles. The lowest BCUT2D eigenvalue weighted by Crippen LogP contribution is -2.60. The molecular formula is C16H25N3O3. The number of ether oxygens (including phenoxy) is 1. The maximum Gasteiger partial charge on any atom is 0.225 e. The van der Waals surface area contributed by atoms with Crippen molar-refractivity contribution in [3.8, 4) is 0 Å². The summed E-state index contributed by atoms with van der Waals surface area (Å²) in [5.74, 6) is 0.737. The van der Waals surface area contributed by atoms with Gasteiger partial charge in [-0.05, 0) is 31.2 Å². The predicted octanol–water partition coefficient (Wildman–Crippen LogP) is 0.910. The van der Waals surface area contributed by atoms with E-state index in [2.05, 4.69) is 21.8 Å². The summed E-state index contributed by atoms with van der Waals surface area (Å²) in [4.78, 5) is 11.0. The first-order valence-corrected chi connectivity index (χ1v) is 8.20. The van der Waals surface area contributed by atoms with Gasteiger partial charge in [0.25, 0.3) is 0 Å². The summed E-state index contributed by atoms with van der Waals surface area (Å²) in [5.41, 5.74) is 0.560. The van der Waals surface area contributed by atoms with Gasteiger partial charge in [-0.25, -0.2) is 9.97 Å². The Kier molecular flexibility index (Phi) is 4.61. The third-order valence-corrected chi connectivity index (χ3v) is 4.83. The van der Waals surface area contributed by atoms with E-state index in [1.54, 1.807) is 0 Å². The zero-order valence-corrected chi connectivity index (χ0v) is 13.1. The lowest BCUT2D eigenvalue weighted by atomic mass is 9.81. The predicted molar refractivity (Wildman–Crippen MR) is 82.8 cm³/mol. The molecule has 0 radical (unpaired) electrons. The largest absolute Gasteiger partial charge is 0.390 e. The molecule has 1 aromatic rings. The number of aliphatic hydroxyl groups is 2. The summed E-state index contributed by atoms with van der Waals surface area (Å²) in [6.45, 7) is 4.12. The van der Waals surface area contributed by atoms with Gasteiger partial charge in [0.05, 0.1) is 18.3 Å². The fraction of sp³-hybridized carbons (Fsp3) is 0.750. The van der Waals surface area contributed by atoms with Crippen molar-refractivity contribution in [1.29, 1.82) is 0 Å². The van der Waals surface area contributed by atoms with Crippen LogP contribution >= 0.6 is 0 Å². The van der Waals surface area contributed by atoms with E-state index in [1.165, 1.54) is 0 Å². The van der Waals surface area contributed by atoms with Crippen LogP contribution < -0.4 is 4.90 Å². The van der Waals surface area contributed by atoms with Crippen molar-refractivity contribution in [3.05, 3.63) is 18.0 Å². The van der Waals surface area contributed by atoms with Crippen LogP contribution in [0.1, 0.15) is 38.2 Å². The Labute approximate surface area is 131 Å². The molecule has 2 N–H and O–H groups in total. The molecule has 1 spiro atoms. The van der Waals surface area contributed by atoms with Crippen molar-refractivity contribution in [2.75, 3.05) is 24.6 Å². The van der Waals surface area contributed by atoms with Crippen LogP contribution in [0.15, 0.2) is 12.4 Å². The van der Waals surface area contributed by atoms with Crippen molar-refractivity contribution >= 4 is 5.95 Å². The summed E-state index contributed by atoms with van der Waals surface area (Å²) in [5, 5.41) is 20.2. The topological polar surface area (TPSA) is 78.7 Å². The SMILES string of the molecule is CCCc1cnc(N2CCC3(CC2)OCC[C@H](O)[C@@H]3O)nc1. The molecule has 6 heteroatoms. The van der Waals surface area contributed by atoms with Gasteiger partial charge in [-0.2, -0.15) is 0 Å². The second-order valence-electron chi connectivity index (χ2n) is 6.34. The number of rotatable bonds is 3. The smallest absolute Gasteiger partial charge is 0.225 e. The number of anilines is 1. The maximum absolute atomic E-state index is 10.3. The molecule has 0 unspecified atom stereocenters. The molecule has 3 heterocycles. The fourth-order valence-electron chi connectivity index (χ4n) is 3.43. The summed E-state index contributed by atoms with van der Waals surface area (Å²) in [6.07, 6.45) is 6.29. The summed E-state index contributed by atoms with van der Waals surface area (Å²) in [6, 6.07) is 0. The first-order chi connectivity index (χ1) is 10.6. The molecule has 0 aromatic carbocycles. The van der Waals surface area contributed by atoms with Gasteiger partial charge in [0.2, 0.25) is 5.95 Å².